The maximum Gasteiger partial charge on any atom is 0.446 e. The van der Waals surface area contributed by atoms with Crippen LogP contribution in [0.1, 0.15) is 5.56 Å². The molecule has 3 amide bonds. The number of azo groups is 2. The number of rotatable bonds is 7. The maximum absolute atomic E-state index is 13.0. The molecule has 5 rings (SSSR count). The summed E-state index contributed by atoms with van der Waals surface area (Å²) in [6.07, 6.45) is 3.84. The molecule has 0 bridgehead atoms. The van der Waals surface area contributed by atoms with Crippen molar-refractivity contribution in [2.75, 3.05) is 23.9 Å². The van der Waals surface area contributed by atoms with Crippen LogP contribution >= 0.6 is 23.5 Å². The van der Waals surface area contributed by atoms with Gasteiger partial charge in [0.05, 0.1) is 11.7 Å². The summed E-state index contributed by atoms with van der Waals surface area (Å²) in [6, 6.07) is 13.2. The van der Waals surface area contributed by atoms with Crippen molar-refractivity contribution in [3.63, 3.8) is 0 Å². The molecule has 1 radical (unpaired) electrons. The number of fused-ring (bicyclic) bond motifs is 1. The first-order valence-corrected chi connectivity index (χ1v) is 13.3. The number of anilines is 1. The number of nitrogens with zero attached hydrogens (tertiary/aromatic N) is 5. The second-order valence-corrected chi connectivity index (χ2v) is 10.5. The third-order valence-corrected chi connectivity index (χ3v) is 8.38. The van der Waals surface area contributed by atoms with Gasteiger partial charge in [-0.3, -0.25) is 14.5 Å². The van der Waals surface area contributed by atoms with Crippen molar-refractivity contribution in [1.82, 2.24) is 4.90 Å². The topological polar surface area (TPSA) is 138 Å². The van der Waals surface area contributed by atoms with E-state index in [4.69, 9.17) is 0 Å². The number of thioether (sulfide) groups is 2. The standard InChI is InChI=1S/C24H20N6O5S2.Na/c1-28-24(26-19(31)20(32)27-28)37-13-15-12-36-22-17(21(33)30(22)18(15)23(34)35)25-16-7-9-29(10-8-16)11-14-5-3-2-4-6-14;/h2-10,17,22H,11-13H2,1H3;/p+1/t17-,22-;/m1./s1. The van der Waals surface area contributed by atoms with Crippen molar-refractivity contribution in [3.05, 3.63) is 71.7 Å². The molecule has 38 heavy (non-hydrogen) atoms. The third-order valence-electron chi connectivity index (χ3n) is 5.94. The van der Waals surface area contributed by atoms with E-state index in [-0.39, 0.29) is 52.1 Å². The number of aromatic nitrogens is 1. The Bertz CT molecular complexity index is 1400. The van der Waals surface area contributed by atoms with Crippen LogP contribution in [0, 0.1) is 0 Å². The van der Waals surface area contributed by atoms with Gasteiger partial charge in [-0.25, -0.2) is 9.36 Å². The molecule has 1 fully saturated rings. The molecule has 14 heteroatoms. The molecule has 189 valence electrons. The predicted molar refractivity (Wildman–Crippen MR) is 139 cm³/mol. The van der Waals surface area contributed by atoms with E-state index in [0.29, 0.717) is 11.3 Å². The summed E-state index contributed by atoms with van der Waals surface area (Å²) in [6.45, 7) is 0.719. The van der Waals surface area contributed by atoms with Gasteiger partial charge in [0.2, 0.25) is 0 Å². The monoisotopic (exact) mass is 560 g/mol. The number of β-lactam (4-membered cyclic amide) rings is 1. The number of carboxylic acids is 1. The number of aliphatic imine (C=N–C) groups is 1. The Hall–Kier alpha value is -2.84. The zero-order chi connectivity index (χ0) is 26.1. The summed E-state index contributed by atoms with van der Waals surface area (Å²) < 4.78 is 3.20. The Labute approximate surface area is 248 Å². The van der Waals surface area contributed by atoms with E-state index in [1.54, 1.807) is 0 Å². The van der Waals surface area contributed by atoms with E-state index < -0.39 is 29.2 Å². The van der Waals surface area contributed by atoms with Crippen LogP contribution in [0.2, 0.25) is 0 Å². The minimum atomic E-state index is -1.44. The van der Waals surface area contributed by atoms with Crippen LogP contribution in [0.15, 0.2) is 76.2 Å². The molecule has 1 saturated heterocycles. The zero-order valence-electron chi connectivity index (χ0n) is 20.6. The Balaban J connectivity index is 0.00000336. The summed E-state index contributed by atoms with van der Waals surface area (Å²) in [5.41, 5.74) is 2.24. The fourth-order valence-corrected chi connectivity index (χ4v) is 6.51. The van der Waals surface area contributed by atoms with E-state index in [2.05, 4.69) is 15.4 Å². The summed E-state index contributed by atoms with van der Waals surface area (Å²) in [7, 11) is 1.47. The second-order valence-electron chi connectivity index (χ2n) is 8.43. The van der Waals surface area contributed by atoms with Gasteiger partial charge in [-0.15, -0.1) is 16.5 Å². The molecule has 3 aliphatic heterocycles. The maximum atomic E-state index is 13.0. The van der Waals surface area contributed by atoms with Crippen molar-refractivity contribution in [2.24, 2.45) is 10.1 Å². The van der Waals surface area contributed by atoms with Crippen molar-refractivity contribution < 1.29 is 33.5 Å². The van der Waals surface area contributed by atoms with E-state index in [0.717, 1.165) is 24.0 Å². The molecular formula is C24H21N6NaO5S2+. The molecule has 2 atom stereocenters. The molecule has 3 aliphatic rings. The fourth-order valence-electron chi connectivity index (χ4n) is 4.12. The number of hydrogen-bond acceptors (Lipinski definition) is 8. The molecule has 1 aromatic heterocycles. The molecule has 0 spiro atoms. The summed E-state index contributed by atoms with van der Waals surface area (Å²) in [4.78, 5) is 52.8. The van der Waals surface area contributed by atoms with Gasteiger partial charge in [-0.05, 0) is 22.4 Å². The normalized spacial score (nSPS) is 20.7. The number of aliphatic carboxylic acids is 1. The predicted octanol–water partition coefficient (Wildman–Crippen LogP) is -0.408. The van der Waals surface area contributed by atoms with Crippen LogP contribution in [0.5, 0.6) is 0 Å². The van der Waals surface area contributed by atoms with E-state index in [1.807, 2.05) is 59.4 Å². The Morgan fingerprint density at radius 2 is 1.87 bits per heavy atom. The SMILES string of the molecule is C[N+]1=NC(=O)C(=O)N=C1SCC1=C(C(=O)[O-])N2C(=O)[C@@H](Nc3cc[n+](Cc4ccccc4)cc3)[C@H]2SC1.[Na]. The second kappa shape index (κ2) is 11.9. The van der Waals surface area contributed by atoms with Gasteiger partial charge >= 0.3 is 17.0 Å². The quantitative estimate of drug-likeness (QED) is 0.209. The average Bonchev–Trinajstić information content (AvgIpc) is 2.89. The minimum Gasteiger partial charge on any atom is -0.543 e. The van der Waals surface area contributed by atoms with Gasteiger partial charge in [-0.1, -0.05) is 30.3 Å². The van der Waals surface area contributed by atoms with Gasteiger partial charge < -0.3 is 15.2 Å². The molecule has 11 nitrogen and oxygen atoms in total. The van der Waals surface area contributed by atoms with Crippen LogP contribution < -0.4 is 15.0 Å². The average molecular weight is 561 g/mol. The van der Waals surface area contributed by atoms with Gasteiger partial charge in [-0.2, -0.15) is 0 Å². The summed E-state index contributed by atoms with van der Waals surface area (Å²) in [5, 5.41) is 18.6. The molecule has 0 unspecified atom stereocenters. The summed E-state index contributed by atoms with van der Waals surface area (Å²) >= 11 is 2.51. The van der Waals surface area contributed by atoms with Gasteiger partial charge in [0.1, 0.15) is 18.5 Å². The van der Waals surface area contributed by atoms with Gasteiger partial charge in [0.15, 0.2) is 18.9 Å². The number of amidine groups is 1. The molecule has 1 N–H and O–H groups in total. The molecule has 0 aliphatic carbocycles. The van der Waals surface area contributed by atoms with Gasteiger partial charge in [0.25, 0.3) is 5.91 Å². The van der Waals surface area contributed by atoms with Crippen molar-refractivity contribution in [3.8, 4) is 0 Å². The van der Waals surface area contributed by atoms with Crippen molar-refractivity contribution in [2.45, 2.75) is 18.0 Å². The molecule has 4 heterocycles. The van der Waals surface area contributed by atoms with E-state index in [1.165, 1.54) is 34.0 Å². The first-order chi connectivity index (χ1) is 17.8. The minimum absolute atomic E-state index is 0. The number of carboxylic acid groups (broad SMARTS) is 1. The van der Waals surface area contributed by atoms with Crippen LogP contribution in [-0.2, 0) is 25.7 Å². The molecule has 0 saturated carbocycles. The van der Waals surface area contributed by atoms with Crippen LogP contribution in [0.25, 0.3) is 0 Å². The van der Waals surface area contributed by atoms with E-state index in [9.17, 15) is 24.3 Å². The van der Waals surface area contributed by atoms with E-state index >= 15 is 0 Å². The van der Waals surface area contributed by atoms with Crippen LogP contribution in [0.4, 0.5) is 5.69 Å². The fraction of sp³-hybridized carbons (Fsp3) is 0.250. The molecule has 2 aromatic rings. The molecule has 1 aromatic carbocycles. The number of pyridine rings is 1. The summed E-state index contributed by atoms with van der Waals surface area (Å²) in [5.74, 6) is -3.24. The first kappa shape index (κ1) is 28.2. The Morgan fingerprint density at radius 3 is 2.55 bits per heavy atom. The number of hydrogen-bond donors (Lipinski definition) is 1. The van der Waals surface area contributed by atoms with Crippen LogP contribution in [0.3, 0.4) is 0 Å². The number of nitrogens with one attached hydrogen (secondary N) is 1. The Morgan fingerprint density at radius 1 is 1.16 bits per heavy atom. The van der Waals surface area contributed by atoms with Gasteiger partial charge in [0, 0.05) is 69.4 Å². The van der Waals surface area contributed by atoms with Crippen LogP contribution in [-0.4, -0.2) is 98.0 Å². The zero-order valence-corrected chi connectivity index (χ0v) is 24.2. The molecular weight excluding hydrogens is 539 g/mol. The smallest absolute Gasteiger partial charge is 0.446 e. The number of amides is 3. The number of carbonyl (C=O) groups excluding carboxylic acids is 4. The number of benzene rings is 1. The largest absolute Gasteiger partial charge is 0.543 e. The third kappa shape index (κ3) is 5.76. The Kier molecular flexibility index (Phi) is 8.83. The first-order valence-electron chi connectivity index (χ1n) is 11.2. The van der Waals surface area contributed by atoms with Crippen molar-refractivity contribution in [1.29, 1.82) is 0 Å². The van der Waals surface area contributed by atoms with Crippen molar-refractivity contribution >= 4 is 87.6 Å². The number of carbonyl (C=O) groups is 4.